The molecule has 0 spiro atoms. The van der Waals surface area contributed by atoms with Crippen LogP contribution in [0.5, 0.6) is 0 Å². The summed E-state index contributed by atoms with van der Waals surface area (Å²) in [5, 5.41) is 4.95. The molecule has 12 rings (SSSR count). The summed E-state index contributed by atoms with van der Waals surface area (Å²) in [4.78, 5) is 15.9. The minimum atomic E-state index is 0.602. The van der Waals surface area contributed by atoms with Crippen LogP contribution in [0.2, 0.25) is 0 Å². The lowest BCUT2D eigenvalue weighted by Crippen LogP contribution is -2.04. The van der Waals surface area contributed by atoms with E-state index in [0.717, 1.165) is 55.7 Å². The molecule has 0 saturated heterocycles. The van der Waals surface area contributed by atoms with Crippen LogP contribution in [0, 0.1) is 0 Å². The Labute approximate surface area is 362 Å². The summed E-state index contributed by atoms with van der Waals surface area (Å²) >= 11 is 1.84. The number of fused-ring (bicyclic) bond motifs is 6. The molecule has 3 aromatic heterocycles. The first-order valence-corrected chi connectivity index (χ1v) is 21.7. The molecule has 12 aromatic rings. The van der Waals surface area contributed by atoms with E-state index in [1.807, 2.05) is 29.5 Å². The summed E-state index contributed by atoms with van der Waals surface area (Å²) in [6.45, 7) is 0. The summed E-state index contributed by atoms with van der Waals surface area (Å²) in [6, 6.07) is 77.5. The van der Waals surface area contributed by atoms with Crippen molar-refractivity contribution in [1.82, 2.24) is 19.5 Å². The Balaban J connectivity index is 1.09. The van der Waals surface area contributed by atoms with Crippen LogP contribution in [-0.4, -0.2) is 19.5 Å². The van der Waals surface area contributed by atoms with Gasteiger partial charge in [-0.3, -0.25) is 0 Å². The van der Waals surface area contributed by atoms with Gasteiger partial charge in [0.05, 0.1) is 16.7 Å². The Morgan fingerprint density at radius 2 is 0.855 bits per heavy atom. The maximum absolute atomic E-state index is 5.38. The average molecular weight is 809 g/mol. The van der Waals surface area contributed by atoms with E-state index in [4.69, 9.17) is 15.0 Å². The first-order chi connectivity index (χ1) is 30.7. The third-order valence-electron chi connectivity index (χ3n) is 11.9. The third-order valence-corrected chi connectivity index (χ3v) is 13.0. The van der Waals surface area contributed by atoms with Gasteiger partial charge in [-0.1, -0.05) is 170 Å². The van der Waals surface area contributed by atoms with Crippen molar-refractivity contribution in [2.75, 3.05) is 0 Å². The molecule has 0 aliphatic rings. The molecular formula is C57H36N4S. The molecule has 0 unspecified atom stereocenters. The lowest BCUT2D eigenvalue weighted by Gasteiger charge is -2.17. The van der Waals surface area contributed by atoms with E-state index in [9.17, 15) is 0 Å². The Hall–Kier alpha value is -7.99. The molecule has 0 radical (unpaired) electrons. The number of para-hydroxylation sites is 1. The SMILES string of the molecule is c1ccc(-c2ccc(-c3nc(-c4ccccc4)nc(-c4cccc(-c5ccc6sc7ccccc7c6c5)c4)n3)c(-n3c4ccccc4c4c(-c5ccccc5)cccc43)c2)cc1. The normalized spacial score (nSPS) is 11.5. The summed E-state index contributed by atoms with van der Waals surface area (Å²) in [7, 11) is 0. The van der Waals surface area contributed by atoms with Crippen molar-refractivity contribution < 1.29 is 0 Å². The molecule has 5 heteroatoms. The second-order valence-corrected chi connectivity index (χ2v) is 16.7. The average Bonchev–Trinajstić information content (AvgIpc) is 3.90. The van der Waals surface area contributed by atoms with Crippen LogP contribution in [0.15, 0.2) is 218 Å². The van der Waals surface area contributed by atoms with Crippen molar-refractivity contribution in [3.8, 4) is 73.2 Å². The molecule has 0 saturated carbocycles. The highest BCUT2D eigenvalue weighted by molar-refractivity contribution is 7.25. The van der Waals surface area contributed by atoms with Crippen LogP contribution in [0.4, 0.5) is 0 Å². The number of benzene rings is 9. The zero-order valence-corrected chi connectivity index (χ0v) is 34.3. The van der Waals surface area contributed by atoms with Gasteiger partial charge < -0.3 is 4.57 Å². The maximum Gasteiger partial charge on any atom is 0.166 e. The zero-order valence-electron chi connectivity index (χ0n) is 33.5. The molecule has 0 fully saturated rings. The molecule has 0 bridgehead atoms. The molecule has 0 atom stereocenters. The van der Waals surface area contributed by atoms with Gasteiger partial charge in [0, 0.05) is 47.6 Å². The van der Waals surface area contributed by atoms with Crippen molar-refractivity contribution in [3.63, 3.8) is 0 Å². The molecule has 0 N–H and O–H groups in total. The Morgan fingerprint density at radius 3 is 1.66 bits per heavy atom. The van der Waals surface area contributed by atoms with Crippen LogP contribution in [0.3, 0.4) is 0 Å². The molecule has 290 valence electrons. The third kappa shape index (κ3) is 6.18. The topological polar surface area (TPSA) is 43.6 Å². The molecule has 62 heavy (non-hydrogen) atoms. The largest absolute Gasteiger partial charge is 0.308 e. The highest BCUT2D eigenvalue weighted by atomic mass is 32.1. The van der Waals surface area contributed by atoms with E-state index in [1.54, 1.807) is 0 Å². The van der Waals surface area contributed by atoms with Gasteiger partial charge in [-0.05, 0) is 81.9 Å². The fourth-order valence-corrected chi connectivity index (χ4v) is 10.0. The Kier molecular flexibility index (Phi) is 8.65. The molecule has 0 amide bonds. The molecule has 9 aromatic carbocycles. The number of rotatable bonds is 7. The van der Waals surface area contributed by atoms with Gasteiger partial charge in [-0.25, -0.2) is 15.0 Å². The van der Waals surface area contributed by atoms with Crippen LogP contribution in [0.25, 0.3) is 115 Å². The maximum atomic E-state index is 5.38. The summed E-state index contributed by atoms with van der Waals surface area (Å²) in [5.74, 6) is 1.84. The fraction of sp³-hybridized carbons (Fsp3) is 0. The lowest BCUT2D eigenvalue weighted by atomic mass is 9.99. The van der Waals surface area contributed by atoms with Crippen LogP contribution in [0.1, 0.15) is 0 Å². The summed E-state index contributed by atoms with van der Waals surface area (Å²) < 4.78 is 4.98. The Morgan fingerprint density at radius 1 is 0.306 bits per heavy atom. The first kappa shape index (κ1) is 35.9. The van der Waals surface area contributed by atoms with Crippen LogP contribution < -0.4 is 0 Å². The molecule has 0 aliphatic heterocycles. The van der Waals surface area contributed by atoms with Crippen molar-refractivity contribution >= 4 is 53.3 Å². The van der Waals surface area contributed by atoms with Gasteiger partial charge in [0.2, 0.25) is 0 Å². The monoisotopic (exact) mass is 808 g/mol. The fourth-order valence-electron chi connectivity index (χ4n) is 8.94. The van der Waals surface area contributed by atoms with E-state index in [0.29, 0.717) is 17.5 Å². The van der Waals surface area contributed by atoms with Crippen LogP contribution >= 0.6 is 11.3 Å². The van der Waals surface area contributed by atoms with Crippen molar-refractivity contribution in [1.29, 1.82) is 0 Å². The highest BCUT2D eigenvalue weighted by Gasteiger charge is 2.22. The first-order valence-electron chi connectivity index (χ1n) is 20.8. The minimum absolute atomic E-state index is 0.602. The highest BCUT2D eigenvalue weighted by Crippen LogP contribution is 2.42. The zero-order chi connectivity index (χ0) is 41.0. The van der Waals surface area contributed by atoms with Crippen molar-refractivity contribution in [2.45, 2.75) is 0 Å². The van der Waals surface area contributed by atoms with E-state index in [2.05, 4.69) is 205 Å². The van der Waals surface area contributed by atoms with Gasteiger partial charge in [0.15, 0.2) is 17.5 Å². The van der Waals surface area contributed by atoms with Gasteiger partial charge >= 0.3 is 0 Å². The second kappa shape index (κ2) is 14.9. The van der Waals surface area contributed by atoms with E-state index in [1.165, 1.54) is 42.1 Å². The van der Waals surface area contributed by atoms with Crippen molar-refractivity contribution in [2.24, 2.45) is 0 Å². The second-order valence-electron chi connectivity index (χ2n) is 15.6. The van der Waals surface area contributed by atoms with Gasteiger partial charge in [-0.2, -0.15) is 0 Å². The number of hydrogen-bond donors (Lipinski definition) is 0. The standard InChI is InChI=1S/C57H36N4S/c1-4-16-37(17-5-1)42-30-32-47(51(36-42)61-49-27-12-10-25-46(49)54-44(26-15-28-50(54)61)38-18-6-2-7-19-38)57-59-55(39-20-8-3-9-21-39)58-56(60-57)43-23-14-22-40(34-43)41-31-33-53-48(35-41)45-24-11-13-29-52(45)62-53/h1-36H. The molecular weight excluding hydrogens is 773 g/mol. The minimum Gasteiger partial charge on any atom is -0.308 e. The molecule has 3 heterocycles. The number of aromatic nitrogens is 4. The number of thiophene rings is 1. The predicted octanol–water partition coefficient (Wildman–Crippen LogP) is 15.3. The smallest absolute Gasteiger partial charge is 0.166 e. The summed E-state index contributed by atoms with van der Waals surface area (Å²) in [6.07, 6.45) is 0. The Bertz CT molecular complexity index is 3630. The predicted molar refractivity (Wildman–Crippen MR) is 260 cm³/mol. The van der Waals surface area contributed by atoms with Gasteiger partial charge in [-0.15, -0.1) is 11.3 Å². The van der Waals surface area contributed by atoms with Crippen molar-refractivity contribution in [3.05, 3.63) is 218 Å². The quantitative estimate of drug-likeness (QED) is 0.161. The lowest BCUT2D eigenvalue weighted by molar-refractivity contribution is 1.06. The van der Waals surface area contributed by atoms with E-state index < -0.39 is 0 Å². The van der Waals surface area contributed by atoms with E-state index >= 15 is 0 Å². The van der Waals surface area contributed by atoms with Gasteiger partial charge in [0.25, 0.3) is 0 Å². The molecule has 0 aliphatic carbocycles. The molecule has 4 nitrogen and oxygen atoms in total. The van der Waals surface area contributed by atoms with Gasteiger partial charge in [0.1, 0.15) is 0 Å². The number of hydrogen-bond acceptors (Lipinski definition) is 4. The summed E-state index contributed by atoms with van der Waals surface area (Å²) in [5.41, 5.74) is 12.8. The van der Waals surface area contributed by atoms with E-state index in [-0.39, 0.29) is 0 Å². The van der Waals surface area contributed by atoms with Crippen LogP contribution in [-0.2, 0) is 0 Å². The number of nitrogens with zero attached hydrogens (tertiary/aromatic N) is 4.